The Morgan fingerprint density at radius 2 is 2.14 bits per heavy atom. The summed E-state index contributed by atoms with van der Waals surface area (Å²) in [7, 11) is -2.14. The van der Waals surface area contributed by atoms with Gasteiger partial charge in [-0.25, -0.2) is 18.1 Å². The van der Waals surface area contributed by atoms with Crippen molar-refractivity contribution in [3.05, 3.63) is 60.9 Å². The zero-order valence-corrected chi connectivity index (χ0v) is 12.6. The second kappa shape index (κ2) is 5.74. The molecule has 0 aliphatic carbocycles. The molecule has 0 saturated carbocycles. The molecule has 0 unspecified atom stereocenters. The standard InChI is InChI=1S/C14H14N4O3S/c1-17(10-12-5-4-8-21-12)22(19,20)13-9-16-18(11-13)14-6-2-3-7-15-14/h2-9,11H,10H2,1H3. The first-order chi connectivity index (χ1) is 10.6. The molecule has 0 saturated heterocycles. The van der Waals surface area contributed by atoms with Crippen molar-refractivity contribution in [1.82, 2.24) is 19.1 Å². The first kappa shape index (κ1) is 14.5. The number of hydrogen-bond donors (Lipinski definition) is 0. The van der Waals surface area contributed by atoms with E-state index in [0.717, 1.165) is 0 Å². The van der Waals surface area contributed by atoms with E-state index in [4.69, 9.17) is 4.42 Å². The van der Waals surface area contributed by atoms with Crippen LogP contribution in [-0.4, -0.2) is 34.5 Å². The largest absolute Gasteiger partial charge is 0.468 e. The van der Waals surface area contributed by atoms with Crippen LogP contribution in [0.1, 0.15) is 5.76 Å². The maximum Gasteiger partial charge on any atom is 0.246 e. The van der Waals surface area contributed by atoms with Crippen LogP contribution in [0.5, 0.6) is 0 Å². The third-order valence-corrected chi connectivity index (χ3v) is 4.87. The highest BCUT2D eigenvalue weighted by molar-refractivity contribution is 7.89. The zero-order chi connectivity index (χ0) is 15.6. The van der Waals surface area contributed by atoms with Crippen molar-refractivity contribution in [2.45, 2.75) is 11.4 Å². The molecule has 3 rings (SSSR count). The van der Waals surface area contributed by atoms with E-state index in [-0.39, 0.29) is 11.4 Å². The highest BCUT2D eigenvalue weighted by atomic mass is 32.2. The lowest BCUT2D eigenvalue weighted by atomic mass is 10.4. The molecule has 0 atom stereocenters. The van der Waals surface area contributed by atoms with Gasteiger partial charge in [-0.05, 0) is 24.3 Å². The van der Waals surface area contributed by atoms with Gasteiger partial charge >= 0.3 is 0 Å². The minimum absolute atomic E-state index is 0.104. The molecular formula is C14H14N4O3S. The summed E-state index contributed by atoms with van der Waals surface area (Å²) in [6.07, 6.45) is 5.88. The summed E-state index contributed by atoms with van der Waals surface area (Å²) < 4.78 is 32.8. The third-order valence-electron chi connectivity index (χ3n) is 3.11. The van der Waals surface area contributed by atoms with Gasteiger partial charge in [0.25, 0.3) is 0 Å². The zero-order valence-electron chi connectivity index (χ0n) is 11.8. The van der Waals surface area contributed by atoms with E-state index in [1.807, 2.05) is 0 Å². The topological polar surface area (TPSA) is 81.2 Å². The van der Waals surface area contributed by atoms with Gasteiger partial charge in [0.1, 0.15) is 10.7 Å². The van der Waals surface area contributed by atoms with Crippen molar-refractivity contribution in [3.8, 4) is 5.82 Å². The van der Waals surface area contributed by atoms with Crippen LogP contribution in [0.3, 0.4) is 0 Å². The lowest BCUT2D eigenvalue weighted by molar-refractivity contribution is 0.406. The van der Waals surface area contributed by atoms with Crippen LogP contribution in [0.4, 0.5) is 0 Å². The molecule has 0 radical (unpaired) electrons. The molecule has 22 heavy (non-hydrogen) atoms. The number of sulfonamides is 1. The normalized spacial score (nSPS) is 11.9. The quantitative estimate of drug-likeness (QED) is 0.715. The van der Waals surface area contributed by atoms with Gasteiger partial charge in [-0.15, -0.1) is 0 Å². The van der Waals surface area contributed by atoms with E-state index in [1.165, 1.54) is 34.7 Å². The van der Waals surface area contributed by atoms with Gasteiger partial charge in [0.05, 0.1) is 25.2 Å². The lowest BCUT2D eigenvalue weighted by Gasteiger charge is -2.14. The molecule has 0 fully saturated rings. The van der Waals surface area contributed by atoms with Gasteiger partial charge in [-0.3, -0.25) is 0 Å². The molecule has 3 aromatic heterocycles. The van der Waals surface area contributed by atoms with Gasteiger partial charge in [0.2, 0.25) is 10.0 Å². The highest BCUT2D eigenvalue weighted by Crippen LogP contribution is 2.17. The lowest BCUT2D eigenvalue weighted by Crippen LogP contribution is -2.26. The molecule has 3 heterocycles. The molecule has 7 nitrogen and oxygen atoms in total. The van der Waals surface area contributed by atoms with Crippen molar-refractivity contribution in [1.29, 1.82) is 0 Å². The maximum absolute atomic E-state index is 12.5. The first-order valence-corrected chi connectivity index (χ1v) is 7.96. The van der Waals surface area contributed by atoms with Crippen molar-refractivity contribution in [2.24, 2.45) is 0 Å². The van der Waals surface area contributed by atoms with E-state index in [2.05, 4.69) is 10.1 Å². The molecule has 0 N–H and O–H groups in total. The van der Waals surface area contributed by atoms with Crippen LogP contribution in [-0.2, 0) is 16.6 Å². The Morgan fingerprint density at radius 3 is 2.82 bits per heavy atom. The number of hydrogen-bond acceptors (Lipinski definition) is 5. The summed E-state index contributed by atoms with van der Waals surface area (Å²) in [5, 5.41) is 4.06. The Labute approximate surface area is 127 Å². The van der Waals surface area contributed by atoms with Crippen LogP contribution in [0.15, 0.2) is 64.5 Å². The molecule has 0 bridgehead atoms. The average Bonchev–Trinajstić information content (AvgIpc) is 3.19. The monoisotopic (exact) mass is 318 g/mol. The number of aromatic nitrogens is 3. The fourth-order valence-corrected chi connectivity index (χ4v) is 3.01. The SMILES string of the molecule is CN(Cc1ccco1)S(=O)(=O)c1cnn(-c2ccccn2)c1. The molecule has 114 valence electrons. The van der Waals surface area contributed by atoms with E-state index in [0.29, 0.717) is 11.6 Å². The van der Waals surface area contributed by atoms with E-state index < -0.39 is 10.0 Å². The second-order valence-electron chi connectivity index (χ2n) is 4.65. The molecule has 0 spiro atoms. The first-order valence-electron chi connectivity index (χ1n) is 6.52. The van der Waals surface area contributed by atoms with Crippen molar-refractivity contribution < 1.29 is 12.8 Å². The van der Waals surface area contributed by atoms with Crippen LogP contribution < -0.4 is 0 Å². The summed E-state index contributed by atoms with van der Waals surface area (Å²) in [4.78, 5) is 4.23. The predicted octanol–water partition coefficient (Wildman–Crippen LogP) is 1.68. The fraction of sp³-hybridized carbons (Fsp3) is 0.143. The number of rotatable bonds is 5. The Hall–Kier alpha value is -2.45. The predicted molar refractivity (Wildman–Crippen MR) is 78.7 cm³/mol. The van der Waals surface area contributed by atoms with Crippen molar-refractivity contribution >= 4 is 10.0 Å². The van der Waals surface area contributed by atoms with Crippen LogP contribution in [0.2, 0.25) is 0 Å². The van der Waals surface area contributed by atoms with Crippen molar-refractivity contribution in [2.75, 3.05) is 7.05 Å². The van der Waals surface area contributed by atoms with Gasteiger partial charge < -0.3 is 4.42 Å². The Balaban J connectivity index is 1.85. The minimum Gasteiger partial charge on any atom is -0.468 e. The molecule has 0 aliphatic rings. The van der Waals surface area contributed by atoms with Crippen LogP contribution in [0.25, 0.3) is 5.82 Å². The van der Waals surface area contributed by atoms with E-state index >= 15 is 0 Å². The summed E-state index contributed by atoms with van der Waals surface area (Å²) in [6, 6.07) is 8.77. The highest BCUT2D eigenvalue weighted by Gasteiger charge is 2.23. The summed E-state index contributed by atoms with van der Waals surface area (Å²) in [5.74, 6) is 1.13. The minimum atomic E-state index is -3.64. The Bertz CT molecular complexity index is 841. The van der Waals surface area contributed by atoms with E-state index in [1.54, 1.807) is 36.5 Å². The molecule has 0 aliphatic heterocycles. The summed E-state index contributed by atoms with van der Waals surface area (Å²) in [6.45, 7) is 0.157. The van der Waals surface area contributed by atoms with Crippen LogP contribution >= 0.6 is 0 Å². The second-order valence-corrected chi connectivity index (χ2v) is 6.69. The molecule has 3 aromatic rings. The fourth-order valence-electron chi connectivity index (χ4n) is 1.94. The molecule has 0 aromatic carbocycles. The third kappa shape index (κ3) is 2.78. The van der Waals surface area contributed by atoms with Crippen molar-refractivity contribution in [3.63, 3.8) is 0 Å². The molecule has 8 heteroatoms. The van der Waals surface area contributed by atoms with Gasteiger partial charge in [-0.2, -0.15) is 9.40 Å². The summed E-state index contributed by atoms with van der Waals surface area (Å²) >= 11 is 0. The molecule has 0 amide bonds. The van der Waals surface area contributed by atoms with Gasteiger partial charge in [-0.1, -0.05) is 6.07 Å². The van der Waals surface area contributed by atoms with Gasteiger partial charge in [0, 0.05) is 13.2 Å². The van der Waals surface area contributed by atoms with E-state index in [9.17, 15) is 8.42 Å². The van der Waals surface area contributed by atoms with Crippen LogP contribution in [0, 0.1) is 0 Å². The number of furan rings is 1. The molecular weight excluding hydrogens is 304 g/mol. The summed E-state index contributed by atoms with van der Waals surface area (Å²) in [5.41, 5.74) is 0. The smallest absolute Gasteiger partial charge is 0.246 e. The Kier molecular flexibility index (Phi) is 3.78. The maximum atomic E-state index is 12.5. The number of pyridine rings is 1. The Morgan fingerprint density at radius 1 is 1.27 bits per heavy atom. The van der Waals surface area contributed by atoms with Gasteiger partial charge in [0.15, 0.2) is 5.82 Å². The number of nitrogens with zero attached hydrogens (tertiary/aromatic N) is 4. The average molecular weight is 318 g/mol.